The van der Waals surface area contributed by atoms with E-state index in [9.17, 15) is 9.59 Å². The second-order valence-corrected chi connectivity index (χ2v) is 5.03. The first-order chi connectivity index (χ1) is 9.06. The van der Waals surface area contributed by atoms with Crippen LogP contribution in [0.4, 0.5) is 0 Å². The smallest absolute Gasteiger partial charge is 0.269 e. The van der Waals surface area contributed by atoms with Crippen LogP contribution >= 0.6 is 23.8 Å². The number of hydrogen-bond acceptors (Lipinski definition) is 3. The second-order valence-electron chi connectivity index (χ2n) is 4.18. The fraction of sp³-hybridized carbons (Fsp3) is 0.250. The molecule has 19 heavy (non-hydrogen) atoms. The lowest BCUT2D eigenvalue weighted by molar-refractivity contribution is -0.120. The Kier molecular flexibility index (Phi) is 4.34. The van der Waals surface area contributed by atoms with Gasteiger partial charge in [-0.05, 0) is 43.3 Å². The quantitative estimate of drug-likeness (QED) is 0.570. The van der Waals surface area contributed by atoms with Crippen molar-refractivity contribution in [2.24, 2.45) is 5.92 Å². The summed E-state index contributed by atoms with van der Waals surface area (Å²) in [4.78, 5) is 23.1. The average Bonchev–Trinajstić information content (AvgIpc) is 3.20. The van der Waals surface area contributed by atoms with E-state index < -0.39 is 0 Å². The highest BCUT2D eigenvalue weighted by atomic mass is 35.5. The summed E-state index contributed by atoms with van der Waals surface area (Å²) in [6.45, 7) is 0. The van der Waals surface area contributed by atoms with Gasteiger partial charge in [0.25, 0.3) is 5.91 Å². The summed E-state index contributed by atoms with van der Waals surface area (Å²) in [5.41, 5.74) is 5.26. The molecule has 2 amide bonds. The molecule has 0 radical (unpaired) electrons. The molecule has 0 atom stereocenters. The first-order valence-electron chi connectivity index (χ1n) is 5.73. The molecule has 7 heteroatoms. The molecule has 5 nitrogen and oxygen atoms in total. The standard InChI is InChI=1S/C12H12ClN3O2S/c13-9-3-1-2-8(6-9)11(18)15-16-12(19)14-10(17)7-4-5-7/h1-3,6-7H,4-5H2,(H,15,18)(H2,14,16,17,19). The number of hydrazine groups is 1. The number of benzene rings is 1. The van der Waals surface area contributed by atoms with Crippen molar-refractivity contribution in [2.45, 2.75) is 12.8 Å². The van der Waals surface area contributed by atoms with Crippen LogP contribution in [-0.2, 0) is 4.79 Å². The van der Waals surface area contributed by atoms with E-state index in [1.807, 2.05) is 0 Å². The van der Waals surface area contributed by atoms with Crippen LogP contribution in [0.25, 0.3) is 0 Å². The third kappa shape index (κ3) is 4.18. The van der Waals surface area contributed by atoms with Crippen LogP contribution in [0.15, 0.2) is 24.3 Å². The van der Waals surface area contributed by atoms with Crippen molar-refractivity contribution in [3.8, 4) is 0 Å². The first kappa shape index (κ1) is 13.8. The molecule has 1 aromatic rings. The van der Waals surface area contributed by atoms with E-state index in [1.54, 1.807) is 18.2 Å². The molecular weight excluding hydrogens is 286 g/mol. The number of hydrogen-bond donors (Lipinski definition) is 3. The van der Waals surface area contributed by atoms with Gasteiger partial charge >= 0.3 is 0 Å². The predicted molar refractivity (Wildman–Crippen MR) is 75.5 cm³/mol. The topological polar surface area (TPSA) is 70.2 Å². The van der Waals surface area contributed by atoms with Gasteiger partial charge in [-0.2, -0.15) is 0 Å². The van der Waals surface area contributed by atoms with Gasteiger partial charge in [-0.3, -0.25) is 20.4 Å². The van der Waals surface area contributed by atoms with Crippen molar-refractivity contribution in [3.63, 3.8) is 0 Å². The van der Waals surface area contributed by atoms with Crippen LogP contribution in [0.5, 0.6) is 0 Å². The number of carbonyl (C=O) groups is 2. The van der Waals surface area contributed by atoms with Gasteiger partial charge in [0, 0.05) is 16.5 Å². The van der Waals surface area contributed by atoms with Gasteiger partial charge in [0.2, 0.25) is 5.91 Å². The molecule has 0 saturated heterocycles. The Morgan fingerprint density at radius 1 is 1.26 bits per heavy atom. The molecular formula is C12H12ClN3O2S. The van der Waals surface area contributed by atoms with E-state index in [0.29, 0.717) is 10.6 Å². The molecule has 1 saturated carbocycles. The highest BCUT2D eigenvalue weighted by molar-refractivity contribution is 7.80. The summed E-state index contributed by atoms with van der Waals surface area (Å²) < 4.78 is 0. The fourth-order valence-corrected chi connectivity index (χ4v) is 1.75. The summed E-state index contributed by atoms with van der Waals surface area (Å²) in [5, 5.41) is 3.05. The van der Waals surface area contributed by atoms with Gasteiger partial charge in [0.1, 0.15) is 0 Å². The maximum Gasteiger partial charge on any atom is 0.269 e. The fourth-order valence-electron chi connectivity index (χ4n) is 1.41. The molecule has 1 aliphatic carbocycles. The van der Waals surface area contributed by atoms with Crippen molar-refractivity contribution in [3.05, 3.63) is 34.9 Å². The summed E-state index contributed by atoms with van der Waals surface area (Å²) >= 11 is 10.7. The van der Waals surface area contributed by atoms with Crippen molar-refractivity contribution in [1.82, 2.24) is 16.2 Å². The Labute approximate surface area is 120 Å². The van der Waals surface area contributed by atoms with Crippen LogP contribution < -0.4 is 16.2 Å². The normalized spacial score (nSPS) is 13.5. The maximum absolute atomic E-state index is 11.7. The van der Waals surface area contributed by atoms with E-state index in [4.69, 9.17) is 23.8 Å². The zero-order valence-electron chi connectivity index (χ0n) is 9.90. The van der Waals surface area contributed by atoms with Gasteiger partial charge in [-0.15, -0.1) is 0 Å². The molecule has 1 fully saturated rings. The van der Waals surface area contributed by atoms with Gasteiger partial charge in [-0.25, -0.2) is 0 Å². The van der Waals surface area contributed by atoms with E-state index >= 15 is 0 Å². The highest BCUT2D eigenvalue weighted by Crippen LogP contribution is 2.28. The van der Waals surface area contributed by atoms with E-state index in [2.05, 4.69) is 16.2 Å². The lowest BCUT2D eigenvalue weighted by atomic mass is 10.2. The highest BCUT2D eigenvalue weighted by Gasteiger charge is 2.30. The number of thiocarbonyl (C=S) groups is 1. The first-order valence-corrected chi connectivity index (χ1v) is 6.51. The molecule has 0 unspecified atom stereocenters. The number of carbonyl (C=O) groups excluding carboxylic acids is 2. The minimum absolute atomic E-state index is 0.0587. The minimum atomic E-state index is -0.384. The summed E-state index contributed by atoms with van der Waals surface area (Å²) in [6, 6.07) is 6.50. The maximum atomic E-state index is 11.7. The average molecular weight is 298 g/mol. The van der Waals surface area contributed by atoms with Gasteiger partial charge < -0.3 is 5.32 Å². The molecule has 2 rings (SSSR count). The Bertz CT molecular complexity index is 531. The third-order valence-electron chi connectivity index (χ3n) is 2.56. The zero-order valence-corrected chi connectivity index (χ0v) is 11.5. The predicted octanol–water partition coefficient (Wildman–Crippen LogP) is 1.39. The lowest BCUT2D eigenvalue weighted by Crippen LogP contribution is -2.48. The van der Waals surface area contributed by atoms with Gasteiger partial charge in [-0.1, -0.05) is 17.7 Å². The number of halogens is 1. The number of amides is 2. The van der Waals surface area contributed by atoms with Crippen molar-refractivity contribution >= 4 is 40.7 Å². The Morgan fingerprint density at radius 3 is 2.63 bits per heavy atom. The second kappa shape index (κ2) is 5.99. The van der Waals surface area contributed by atoms with E-state index in [1.165, 1.54) is 6.07 Å². The minimum Gasteiger partial charge on any atom is -0.302 e. The Hall–Kier alpha value is -1.66. The summed E-state index contributed by atoms with van der Waals surface area (Å²) in [5.74, 6) is -0.441. The van der Waals surface area contributed by atoms with Gasteiger partial charge in [0.15, 0.2) is 5.11 Å². The van der Waals surface area contributed by atoms with Gasteiger partial charge in [0.05, 0.1) is 0 Å². The molecule has 0 spiro atoms. The Balaban J connectivity index is 1.79. The third-order valence-corrected chi connectivity index (χ3v) is 3.00. The van der Waals surface area contributed by atoms with Crippen LogP contribution in [-0.4, -0.2) is 16.9 Å². The van der Waals surface area contributed by atoms with Crippen molar-refractivity contribution in [2.75, 3.05) is 0 Å². The van der Waals surface area contributed by atoms with Crippen LogP contribution in [0.2, 0.25) is 5.02 Å². The molecule has 0 aromatic heterocycles. The van der Waals surface area contributed by atoms with Crippen molar-refractivity contribution < 1.29 is 9.59 Å². The van der Waals surface area contributed by atoms with Crippen LogP contribution in [0.3, 0.4) is 0 Å². The Morgan fingerprint density at radius 2 is 2.00 bits per heavy atom. The molecule has 0 heterocycles. The number of nitrogens with one attached hydrogen (secondary N) is 3. The molecule has 3 N–H and O–H groups in total. The summed E-state index contributed by atoms with van der Waals surface area (Å²) in [6.07, 6.45) is 1.78. The van der Waals surface area contributed by atoms with Crippen molar-refractivity contribution in [1.29, 1.82) is 0 Å². The SMILES string of the molecule is O=C(NNC(=S)NC(=O)C1CC1)c1cccc(Cl)c1. The summed E-state index contributed by atoms with van der Waals surface area (Å²) in [7, 11) is 0. The molecule has 1 aliphatic rings. The molecule has 1 aromatic carbocycles. The monoisotopic (exact) mass is 297 g/mol. The van der Waals surface area contributed by atoms with Crippen LogP contribution in [0.1, 0.15) is 23.2 Å². The zero-order chi connectivity index (χ0) is 13.8. The molecule has 0 aliphatic heterocycles. The largest absolute Gasteiger partial charge is 0.302 e. The van der Waals surface area contributed by atoms with E-state index in [-0.39, 0.29) is 22.8 Å². The molecule has 100 valence electrons. The molecule has 0 bridgehead atoms. The number of rotatable bonds is 2. The van der Waals surface area contributed by atoms with E-state index in [0.717, 1.165) is 12.8 Å². The van der Waals surface area contributed by atoms with Crippen LogP contribution in [0, 0.1) is 5.92 Å². The lowest BCUT2D eigenvalue weighted by Gasteiger charge is -2.10.